The van der Waals surface area contributed by atoms with Crippen LogP contribution in [0.1, 0.15) is 31.2 Å². The standard InChI is InChI=1S/C12H20N2O/c13-10-12(3-1-4-12)5-6-14-8-11-2-7-15-9-11/h2,7,9,14H,1,3-6,8,10,13H2. The van der Waals surface area contributed by atoms with Gasteiger partial charge in [0.05, 0.1) is 12.5 Å². The van der Waals surface area contributed by atoms with Crippen molar-refractivity contribution in [2.24, 2.45) is 11.1 Å². The lowest BCUT2D eigenvalue weighted by atomic mass is 9.67. The molecule has 0 aromatic carbocycles. The number of nitrogens with one attached hydrogen (secondary N) is 1. The second-order valence-corrected chi connectivity index (χ2v) is 4.62. The molecule has 0 unspecified atom stereocenters. The maximum absolute atomic E-state index is 5.80. The lowest BCUT2D eigenvalue weighted by Gasteiger charge is -2.41. The first-order chi connectivity index (χ1) is 7.35. The number of hydrogen-bond donors (Lipinski definition) is 2. The summed E-state index contributed by atoms with van der Waals surface area (Å²) in [6.45, 7) is 2.81. The Morgan fingerprint density at radius 1 is 1.47 bits per heavy atom. The molecule has 84 valence electrons. The molecule has 3 heteroatoms. The lowest BCUT2D eigenvalue weighted by Crippen LogP contribution is -2.39. The summed E-state index contributed by atoms with van der Waals surface area (Å²) in [4.78, 5) is 0. The third-order valence-corrected chi connectivity index (χ3v) is 3.59. The smallest absolute Gasteiger partial charge is 0.0947 e. The van der Waals surface area contributed by atoms with Crippen molar-refractivity contribution in [2.45, 2.75) is 32.2 Å². The van der Waals surface area contributed by atoms with Crippen molar-refractivity contribution in [2.75, 3.05) is 13.1 Å². The predicted octanol–water partition coefficient (Wildman–Crippen LogP) is 1.89. The fraction of sp³-hybridized carbons (Fsp3) is 0.667. The second-order valence-electron chi connectivity index (χ2n) is 4.62. The highest BCUT2D eigenvalue weighted by Gasteiger charge is 2.34. The zero-order chi connectivity index (χ0) is 10.6. The van der Waals surface area contributed by atoms with Gasteiger partial charge in [-0.25, -0.2) is 0 Å². The van der Waals surface area contributed by atoms with Gasteiger partial charge in [-0.15, -0.1) is 0 Å². The largest absolute Gasteiger partial charge is 0.472 e. The van der Waals surface area contributed by atoms with Crippen LogP contribution in [0.2, 0.25) is 0 Å². The minimum Gasteiger partial charge on any atom is -0.472 e. The van der Waals surface area contributed by atoms with Crippen molar-refractivity contribution < 1.29 is 4.42 Å². The molecule has 1 aromatic rings. The van der Waals surface area contributed by atoms with Crippen LogP contribution in [-0.2, 0) is 6.54 Å². The van der Waals surface area contributed by atoms with E-state index < -0.39 is 0 Å². The van der Waals surface area contributed by atoms with Gasteiger partial charge < -0.3 is 15.5 Å². The Kier molecular flexibility index (Phi) is 3.44. The summed E-state index contributed by atoms with van der Waals surface area (Å²) in [6.07, 6.45) is 8.70. The summed E-state index contributed by atoms with van der Waals surface area (Å²) in [5.41, 5.74) is 7.48. The fourth-order valence-electron chi connectivity index (χ4n) is 2.21. The highest BCUT2D eigenvalue weighted by atomic mass is 16.3. The molecule has 1 saturated carbocycles. The van der Waals surface area contributed by atoms with Crippen LogP contribution in [0.15, 0.2) is 23.0 Å². The molecule has 0 spiro atoms. The third-order valence-electron chi connectivity index (χ3n) is 3.59. The Balaban J connectivity index is 1.62. The van der Waals surface area contributed by atoms with Crippen molar-refractivity contribution in [1.82, 2.24) is 5.32 Å². The maximum Gasteiger partial charge on any atom is 0.0947 e. The molecule has 0 saturated heterocycles. The predicted molar refractivity (Wildman–Crippen MR) is 60.4 cm³/mol. The Bertz CT molecular complexity index is 272. The summed E-state index contributed by atoms with van der Waals surface area (Å²) in [7, 11) is 0. The molecule has 1 fully saturated rings. The average molecular weight is 208 g/mol. The first kappa shape index (κ1) is 10.7. The molecule has 0 radical (unpaired) electrons. The van der Waals surface area contributed by atoms with Gasteiger partial charge in [0.15, 0.2) is 0 Å². The summed E-state index contributed by atoms with van der Waals surface area (Å²) < 4.78 is 5.01. The van der Waals surface area contributed by atoms with Gasteiger partial charge >= 0.3 is 0 Å². The number of hydrogen-bond acceptors (Lipinski definition) is 3. The molecule has 0 aliphatic heterocycles. The molecule has 0 atom stereocenters. The zero-order valence-electron chi connectivity index (χ0n) is 9.17. The summed E-state index contributed by atoms with van der Waals surface area (Å²) >= 11 is 0. The Labute approximate surface area is 91.0 Å². The molecule has 1 heterocycles. The lowest BCUT2D eigenvalue weighted by molar-refractivity contribution is 0.130. The van der Waals surface area contributed by atoms with Gasteiger partial charge in [0.2, 0.25) is 0 Å². The first-order valence-corrected chi connectivity index (χ1v) is 5.77. The monoisotopic (exact) mass is 208 g/mol. The van der Waals surface area contributed by atoms with E-state index in [2.05, 4.69) is 5.32 Å². The zero-order valence-corrected chi connectivity index (χ0v) is 9.17. The van der Waals surface area contributed by atoms with E-state index in [0.29, 0.717) is 5.41 Å². The molecule has 0 bridgehead atoms. The molecule has 3 N–H and O–H groups in total. The van der Waals surface area contributed by atoms with Gasteiger partial charge in [0.1, 0.15) is 0 Å². The van der Waals surface area contributed by atoms with Crippen molar-refractivity contribution in [3.63, 3.8) is 0 Å². The SMILES string of the molecule is NCC1(CCNCc2ccoc2)CCC1. The van der Waals surface area contributed by atoms with Crippen LogP contribution < -0.4 is 11.1 Å². The first-order valence-electron chi connectivity index (χ1n) is 5.77. The van der Waals surface area contributed by atoms with E-state index in [1.165, 1.54) is 31.2 Å². The van der Waals surface area contributed by atoms with Gasteiger partial charge in [-0.3, -0.25) is 0 Å². The quantitative estimate of drug-likeness (QED) is 0.702. The molecule has 2 rings (SSSR count). The minimum atomic E-state index is 0.462. The van der Waals surface area contributed by atoms with E-state index in [1.807, 2.05) is 6.07 Å². The van der Waals surface area contributed by atoms with Gasteiger partial charge in [0, 0.05) is 12.1 Å². The van der Waals surface area contributed by atoms with Crippen LogP contribution in [0.5, 0.6) is 0 Å². The van der Waals surface area contributed by atoms with E-state index in [9.17, 15) is 0 Å². The van der Waals surface area contributed by atoms with Crippen LogP contribution in [0, 0.1) is 5.41 Å². The third kappa shape index (κ3) is 2.61. The van der Waals surface area contributed by atoms with E-state index >= 15 is 0 Å². The molecule has 1 aliphatic carbocycles. The molecule has 1 aromatic heterocycles. The van der Waals surface area contributed by atoms with Crippen LogP contribution >= 0.6 is 0 Å². The van der Waals surface area contributed by atoms with E-state index in [1.54, 1.807) is 12.5 Å². The Morgan fingerprint density at radius 3 is 2.87 bits per heavy atom. The van der Waals surface area contributed by atoms with Crippen molar-refractivity contribution in [1.29, 1.82) is 0 Å². The van der Waals surface area contributed by atoms with E-state index in [4.69, 9.17) is 10.2 Å². The molecular formula is C12H20N2O. The summed E-state index contributed by atoms with van der Waals surface area (Å²) in [6, 6.07) is 2.00. The van der Waals surface area contributed by atoms with E-state index in [0.717, 1.165) is 19.6 Å². The van der Waals surface area contributed by atoms with Gasteiger partial charge in [-0.2, -0.15) is 0 Å². The Hall–Kier alpha value is -0.800. The molecule has 0 amide bonds. The van der Waals surface area contributed by atoms with Crippen molar-refractivity contribution >= 4 is 0 Å². The van der Waals surface area contributed by atoms with Crippen LogP contribution in [0.3, 0.4) is 0 Å². The topological polar surface area (TPSA) is 51.2 Å². The highest BCUT2D eigenvalue weighted by molar-refractivity contribution is 5.04. The summed E-state index contributed by atoms with van der Waals surface area (Å²) in [5, 5.41) is 3.43. The molecule has 3 nitrogen and oxygen atoms in total. The van der Waals surface area contributed by atoms with Crippen LogP contribution in [0.25, 0.3) is 0 Å². The fourth-order valence-corrected chi connectivity index (χ4v) is 2.21. The highest BCUT2D eigenvalue weighted by Crippen LogP contribution is 2.42. The Morgan fingerprint density at radius 2 is 2.33 bits per heavy atom. The van der Waals surface area contributed by atoms with Crippen LogP contribution in [0.4, 0.5) is 0 Å². The molecule has 1 aliphatic rings. The minimum absolute atomic E-state index is 0.462. The van der Waals surface area contributed by atoms with Crippen LogP contribution in [-0.4, -0.2) is 13.1 Å². The molecule has 15 heavy (non-hydrogen) atoms. The number of furan rings is 1. The number of nitrogens with two attached hydrogens (primary N) is 1. The van der Waals surface area contributed by atoms with Crippen molar-refractivity contribution in [3.8, 4) is 0 Å². The average Bonchev–Trinajstić information content (AvgIpc) is 2.68. The maximum atomic E-state index is 5.80. The number of rotatable bonds is 6. The second kappa shape index (κ2) is 4.81. The van der Waals surface area contributed by atoms with Gasteiger partial charge in [0.25, 0.3) is 0 Å². The normalized spacial score (nSPS) is 18.7. The van der Waals surface area contributed by atoms with E-state index in [-0.39, 0.29) is 0 Å². The summed E-state index contributed by atoms with van der Waals surface area (Å²) in [5.74, 6) is 0. The molecular weight excluding hydrogens is 188 g/mol. The van der Waals surface area contributed by atoms with Crippen molar-refractivity contribution in [3.05, 3.63) is 24.2 Å². The van der Waals surface area contributed by atoms with Gasteiger partial charge in [-0.05, 0) is 43.8 Å². The van der Waals surface area contributed by atoms with Gasteiger partial charge in [-0.1, -0.05) is 6.42 Å².